The third-order valence-electron chi connectivity index (χ3n) is 5.13. The van der Waals surface area contributed by atoms with Crippen molar-refractivity contribution < 1.29 is 4.79 Å². The number of piperazine rings is 1. The summed E-state index contributed by atoms with van der Waals surface area (Å²) in [6.07, 6.45) is 5.05. The highest BCUT2D eigenvalue weighted by Crippen LogP contribution is 2.37. The minimum atomic E-state index is -0.172. The first-order valence-corrected chi connectivity index (χ1v) is 9.71. The lowest BCUT2D eigenvalue weighted by molar-refractivity contribution is 0.0746. The van der Waals surface area contributed by atoms with Crippen LogP contribution >= 0.6 is 11.6 Å². The molecule has 6 nitrogen and oxygen atoms in total. The van der Waals surface area contributed by atoms with E-state index in [4.69, 9.17) is 17.3 Å². The van der Waals surface area contributed by atoms with E-state index >= 15 is 0 Å². The SMILES string of the molecule is CC(N)c1cc(Cl)c2cccnc2c1N1CCN(C(=O)c2cccnc2)CC1. The summed E-state index contributed by atoms with van der Waals surface area (Å²) in [5, 5.41) is 1.57. The summed E-state index contributed by atoms with van der Waals surface area (Å²) < 4.78 is 0. The van der Waals surface area contributed by atoms with Crippen LogP contribution in [0.5, 0.6) is 0 Å². The monoisotopic (exact) mass is 395 g/mol. The molecule has 0 radical (unpaired) electrons. The second-order valence-corrected chi connectivity index (χ2v) is 7.41. The van der Waals surface area contributed by atoms with E-state index in [9.17, 15) is 4.79 Å². The molecule has 3 heterocycles. The van der Waals surface area contributed by atoms with Gasteiger partial charge in [-0.3, -0.25) is 14.8 Å². The van der Waals surface area contributed by atoms with E-state index in [2.05, 4.69) is 14.9 Å². The van der Waals surface area contributed by atoms with Crippen molar-refractivity contribution in [1.82, 2.24) is 14.9 Å². The number of rotatable bonds is 3. The van der Waals surface area contributed by atoms with Crippen molar-refractivity contribution in [2.24, 2.45) is 5.73 Å². The molecule has 0 spiro atoms. The zero-order valence-corrected chi connectivity index (χ0v) is 16.4. The van der Waals surface area contributed by atoms with Crippen molar-refractivity contribution in [1.29, 1.82) is 0 Å². The zero-order chi connectivity index (χ0) is 19.7. The fourth-order valence-corrected chi connectivity index (χ4v) is 3.96. The van der Waals surface area contributed by atoms with Crippen molar-refractivity contribution in [3.8, 4) is 0 Å². The predicted molar refractivity (Wildman–Crippen MR) is 112 cm³/mol. The molecule has 0 aliphatic carbocycles. The smallest absolute Gasteiger partial charge is 0.255 e. The van der Waals surface area contributed by atoms with Crippen LogP contribution in [0, 0.1) is 0 Å². The first kappa shape index (κ1) is 18.7. The first-order chi connectivity index (χ1) is 13.6. The number of amides is 1. The molecule has 1 amide bonds. The van der Waals surface area contributed by atoms with Crippen LogP contribution in [0.4, 0.5) is 5.69 Å². The molecule has 1 fully saturated rings. The lowest BCUT2D eigenvalue weighted by Gasteiger charge is -2.37. The quantitative estimate of drug-likeness (QED) is 0.736. The zero-order valence-electron chi connectivity index (χ0n) is 15.7. The van der Waals surface area contributed by atoms with Crippen LogP contribution in [0.1, 0.15) is 28.9 Å². The fraction of sp³-hybridized carbons (Fsp3) is 0.286. The van der Waals surface area contributed by atoms with E-state index in [0.717, 1.165) is 22.2 Å². The standard InChI is InChI=1S/C21H22ClN5O/c1-14(23)17-12-18(22)16-5-3-7-25-19(16)20(17)26-8-10-27(11-9-26)21(28)15-4-2-6-24-13-15/h2-7,12-14H,8-11,23H2,1H3. The van der Waals surface area contributed by atoms with Crippen LogP contribution in [0.15, 0.2) is 48.9 Å². The molecule has 1 aromatic carbocycles. The van der Waals surface area contributed by atoms with Gasteiger partial charge in [-0.25, -0.2) is 0 Å². The number of pyridine rings is 2. The average Bonchev–Trinajstić information content (AvgIpc) is 2.74. The number of carbonyl (C=O) groups is 1. The number of hydrogen-bond donors (Lipinski definition) is 1. The van der Waals surface area contributed by atoms with E-state index < -0.39 is 0 Å². The number of nitrogens with zero attached hydrogens (tertiary/aromatic N) is 4. The number of benzene rings is 1. The molecule has 4 rings (SSSR count). The maximum Gasteiger partial charge on any atom is 0.255 e. The summed E-state index contributed by atoms with van der Waals surface area (Å²) in [5.74, 6) is 0.0132. The van der Waals surface area contributed by atoms with Crippen LogP contribution in [0.3, 0.4) is 0 Å². The van der Waals surface area contributed by atoms with Crippen LogP contribution in [0.2, 0.25) is 5.02 Å². The number of nitrogens with two attached hydrogens (primary N) is 1. The first-order valence-electron chi connectivity index (χ1n) is 9.33. The van der Waals surface area contributed by atoms with Crippen LogP contribution in [-0.4, -0.2) is 47.0 Å². The van der Waals surface area contributed by atoms with Gasteiger partial charge in [-0.2, -0.15) is 0 Å². The summed E-state index contributed by atoms with van der Waals surface area (Å²) in [7, 11) is 0. The maximum atomic E-state index is 12.7. The Bertz CT molecular complexity index is 1000. The van der Waals surface area contributed by atoms with Gasteiger partial charge in [0.05, 0.1) is 21.8 Å². The molecule has 2 aromatic heterocycles. The topological polar surface area (TPSA) is 75.3 Å². The number of aromatic nitrogens is 2. The van der Waals surface area contributed by atoms with Crippen molar-refractivity contribution in [3.63, 3.8) is 0 Å². The molecule has 1 saturated heterocycles. The average molecular weight is 396 g/mol. The Labute approximate surface area is 168 Å². The van der Waals surface area contributed by atoms with E-state index in [1.54, 1.807) is 30.7 Å². The molecule has 1 atom stereocenters. The summed E-state index contributed by atoms with van der Waals surface area (Å²) in [6.45, 7) is 4.62. The minimum Gasteiger partial charge on any atom is -0.366 e. The number of fused-ring (bicyclic) bond motifs is 1. The van der Waals surface area contributed by atoms with E-state index in [1.165, 1.54) is 0 Å². The van der Waals surface area contributed by atoms with Gasteiger partial charge >= 0.3 is 0 Å². The maximum absolute atomic E-state index is 12.7. The van der Waals surface area contributed by atoms with Gasteiger partial charge in [0, 0.05) is 56.2 Å². The van der Waals surface area contributed by atoms with E-state index in [0.29, 0.717) is 36.8 Å². The third kappa shape index (κ3) is 3.41. The number of hydrogen-bond acceptors (Lipinski definition) is 5. The minimum absolute atomic E-state index is 0.0132. The van der Waals surface area contributed by atoms with Crippen molar-refractivity contribution in [2.75, 3.05) is 31.1 Å². The van der Waals surface area contributed by atoms with Crippen LogP contribution in [0.25, 0.3) is 10.9 Å². The van der Waals surface area contributed by atoms with Gasteiger partial charge in [0.2, 0.25) is 0 Å². The van der Waals surface area contributed by atoms with Gasteiger partial charge in [-0.05, 0) is 42.8 Å². The summed E-state index contributed by atoms with van der Waals surface area (Å²) in [5.41, 5.74) is 9.71. The van der Waals surface area contributed by atoms with E-state index in [1.807, 2.05) is 30.0 Å². The lowest BCUT2D eigenvalue weighted by Crippen LogP contribution is -2.49. The number of carbonyl (C=O) groups excluding carboxylic acids is 1. The molecule has 1 aliphatic heterocycles. The Kier molecular flexibility index (Phi) is 5.15. The third-order valence-corrected chi connectivity index (χ3v) is 5.44. The molecule has 0 saturated carbocycles. The van der Waals surface area contributed by atoms with Crippen molar-refractivity contribution in [3.05, 3.63) is 65.1 Å². The normalized spacial score (nSPS) is 15.7. The second-order valence-electron chi connectivity index (χ2n) is 7.01. The molecule has 1 unspecified atom stereocenters. The molecule has 7 heteroatoms. The highest BCUT2D eigenvalue weighted by atomic mass is 35.5. The molecular formula is C21H22ClN5O. The van der Waals surface area contributed by atoms with Crippen molar-refractivity contribution >= 4 is 34.1 Å². The Morgan fingerprint density at radius 1 is 1.18 bits per heavy atom. The van der Waals surface area contributed by atoms with Gasteiger partial charge in [-0.15, -0.1) is 0 Å². The lowest BCUT2D eigenvalue weighted by atomic mass is 10.0. The van der Waals surface area contributed by atoms with Crippen LogP contribution in [-0.2, 0) is 0 Å². The Balaban J connectivity index is 1.63. The van der Waals surface area contributed by atoms with Gasteiger partial charge in [0.1, 0.15) is 0 Å². The summed E-state index contributed by atoms with van der Waals surface area (Å²) in [4.78, 5) is 25.5. The molecule has 1 aliphatic rings. The summed E-state index contributed by atoms with van der Waals surface area (Å²) in [6, 6.07) is 9.21. The highest BCUT2D eigenvalue weighted by Gasteiger charge is 2.26. The Hall–Kier alpha value is -2.70. The number of anilines is 1. The van der Waals surface area contributed by atoms with Crippen molar-refractivity contribution in [2.45, 2.75) is 13.0 Å². The Morgan fingerprint density at radius 2 is 1.93 bits per heavy atom. The molecule has 0 bridgehead atoms. The van der Waals surface area contributed by atoms with E-state index in [-0.39, 0.29) is 11.9 Å². The van der Waals surface area contributed by atoms with Gasteiger partial charge in [-0.1, -0.05) is 11.6 Å². The molecule has 3 aromatic rings. The fourth-order valence-electron chi connectivity index (χ4n) is 3.69. The van der Waals surface area contributed by atoms with Gasteiger partial charge in [0.15, 0.2) is 0 Å². The van der Waals surface area contributed by atoms with Gasteiger partial charge < -0.3 is 15.5 Å². The molecule has 28 heavy (non-hydrogen) atoms. The molecule has 144 valence electrons. The Morgan fingerprint density at radius 3 is 2.61 bits per heavy atom. The van der Waals surface area contributed by atoms with Gasteiger partial charge in [0.25, 0.3) is 5.91 Å². The predicted octanol–water partition coefficient (Wildman–Crippen LogP) is 3.27. The molecule has 2 N–H and O–H groups in total. The summed E-state index contributed by atoms with van der Waals surface area (Å²) >= 11 is 6.48. The largest absolute Gasteiger partial charge is 0.366 e. The second kappa shape index (κ2) is 7.73. The highest BCUT2D eigenvalue weighted by molar-refractivity contribution is 6.36. The molecular weight excluding hydrogens is 374 g/mol. The number of halogens is 1. The van der Waals surface area contributed by atoms with Crippen LogP contribution < -0.4 is 10.6 Å².